The zero-order valence-electron chi connectivity index (χ0n) is 10.4. The van der Waals surface area contributed by atoms with Crippen LogP contribution in [0.3, 0.4) is 0 Å². The maximum absolute atomic E-state index is 13.5. The van der Waals surface area contributed by atoms with Gasteiger partial charge in [-0.2, -0.15) is 0 Å². The molecule has 0 aromatic heterocycles. The van der Waals surface area contributed by atoms with Crippen molar-refractivity contribution in [1.82, 2.24) is 0 Å². The number of nitrogens with one attached hydrogen (secondary N) is 1. The van der Waals surface area contributed by atoms with Gasteiger partial charge in [-0.05, 0) is 18.6 Å². The van der Waals surface area contributed by atoms with Crippen LogP contribution in [0.4, 0.5) is 15.8 Å². The van der Waals surface area contributed by atoms with Gasteiger partial charge >= 0.3 is 0 Å². The molecule has 19 heavy (non-hydrogen) atoms. The molecule has 0 bridgehead atoms. The summed E-state index contributed by atoms with van der Waals surface area (Å²) in [5.41, 5.74) is 10.6. The minimum Gasteiger partial charge on any atom is -0.398 e. The Balaban J connectivity index is 2.73. The average molecular weight is 289 g/mol. The molecule has 1 aromatic carbocycles. The van der Waals surface area contributed by atoms with Crippen LogP contribution in [-0.4, -0.2) is 32.9 Å². The number of primary amides is 1. The van der Waals surface area contributed by atoms with Gasteiger partial charge in [-0.25, -0.2) is 12.8 Å². The van der Waals surface area contributed by atoms with Gasteiger partial charge in [0, 0.05) is 18.5 Å². The second-order valence-electron chi connectivity index (χ2n) is 4.19. The normalized spacial score (nSPS) is 11.3. The fourth-order valence-corrected chi connectivity index (χ4v) is 2.16. The molecular formula is C11H16FN3O3S. The summed E-state index contributed by atoms with van der Waals surface area (Å²) in [6.45, 7) is 0.256. The van der Waals surface area contributed by atoms with E-state index >= 15 is 0 Å². The number of benzene rings is 1. The van der Waals surface area contributed by atoms with E-state index in [1.54, 1.807) is 0 Å². The minimum absolute atomic E-state index is 0.000726. The van der Waals surface area contributed by atoms with E-state index in [9.17, 15) is 17.6 Å². The molecule has 1 aromatic rings. The smallest absolute Gasteiger partial charge is 0.250 e. The Bertz CT molecular complexity index is 587. The Labute approximate surface area is 110 Å². The lowest BCUT2D eigenvalue weighted by Crippen LogP contribution is -2.15. The van der Waals surface area contributed by atoms with Crippen LogP contribution in [0.15, 0.2) is 12.1 Å². The predicted molar refractivity (Wildman–Crippen MR) is 72.1 cm³/mol. The first kappa shape index (κ1) is 15.2. The van der Waals surface area contributed by atoms with E-state index in [2.05, 4.69) is 5.32 Å². The minimum atomic E-state index is -3.04. The fourth-order valence-electron chi connectivity index (χ4n) is 1.49. The lowest BCUT2D eigenvalue weighted by atomic mass is 10.1. The molecule has 1 amide bonds. The Kier molecular flexibility index (Phi) is 4.71. The van der Waals surface area contributed by atoms with Crippen LogP contribution in [0.1, 0.15) is 16.8 Å². The Hall–Kier alpha value is -1.83. The van der Waals surface area contributed by atoms with E-state index in [1.807, 2.05) is 0 Å². The standard InChI is InChI=1S/C11H16FN3O3S/c1-19(17,18)4-2-3-15-10-5-7(11(14)16)9(13)6-8(10)12/h5-6,15H,2-4,13H2,1H3,(H2,14,16). The number of hydrogen-bond acceptors (Lipinski definition) is 5. The van der Waals surface area contributed by atoms with Gasteiger partial charge in [-0.3, -0.25) is 4.79 Å². The molecule has 6 nitrogen and oxygen atoms in total. The van der Waals surface area contributed by atoms with E-state index < -0.39 is 21.6 Å². The largest absolute Gasteiger partial charge is 0.398 e. The molecule has 0 radical (unpaired) electrons. The van der Waals surface area contributed by atoms with E-state index in [0.717, 1.165) is 12.3 Å². The first-order valence-corrected chi connectivity index (χ1v) is 7.57. The maximum Gasteiger partial charge on any atom is 0.250 e. The van der Waals surface area contributed by atoms with Crippen LogP contribution in [0.25, 0.3) is 0 Å². The molecule has 0 spiro atoms. The number of rotatable bonds is 6. The number of carbonyl (C=O) groups excluding carboxylic acids is 1. The number of anilines is 2. The van der Waals surface area contributed by atoms with Crippen molar-refractivity contribution >= 4 is 27.1 Å². The van der Waals surface area contributed by atoms with Crippen molar-refractivity contribution in [2.24, 2.45) is 5.73 Å². The molecule has 0 heterocycles. The summed E-state index contributed by atoms with van der Waals surface area (Å²) in [5, 5.41) is 2.71. The van der Waals surface area contributed by atoms with Crippen LogP contribution in [-0.2, 0) is 9.84 Å². The van der Waals surface area contributed by atoms with Gasteiger partial charge in [0.25, 0.3) is 5.91 Å². The number of nitrogen functional groups attached to an aromatic ring is 1. The number of nitrogens with two attached hydrogens (primary N) is 2. The van der Waals surface area contributed by atoms with Crippen molar-refractivity contribution in [1.29, 1.82) is 0 Å². The lowest BCUT2D eigenvalue weighted by molar-refractivity contribution is 0.100. The van der Waals surface area contributed by atoms with E-state index in [1.165, 1.54) is 6.07 Å². The molecule has 5 N–H and O–H groups in total. The zero-order chi connectivity index (χ0) is 14.6. The van der Waals surface area contributed by atoms with Crippen LogP contribution in [0.2, 0.25) is 0 Å². The molecule has 0 saturated carbocycles. The molecule has 0 atom stereocenters. The molecule has 0 fully saturated rings. The van der Waals surface area contributed by atoms with Gasteiger partial charge in [-0.15, -0.1) is 0 Å². The van der Waals surface area contributed by atoms with Gasteiger partial charge in [0.2, 0.25) is 0 Å². The number of hydrogen-bond donors (Lipinski definition) is 3. The number of amides is 1. The van der Waals surface area contributed by atoms with Crippen LogP contribution >= 0.6 is 0 Å². The summed E-state index contributed by atoms with van der Waals surface area (Å²) < 4.78 is 35.4. The van der Waals surface area contributed by atoms with Gasteiger partial charge in [0.1, 0.15) is 15.7 Å². The average Bonchev–Trinajstić information content (AvgIpc) is 2.24. The number of halogens is 1. The van der Waals surface area contributed by atoms with Gasteiger partial charge in [-0.1, -0.05) is 0 Å². The Morgan fingerprint density at radius 2 is 2.05 bits per heavy atom. The van der Waals surface area contributed by atoms with Crippen molar-refractivity contribution in [3.63, 3.8) is 0 Å². The molecule has 0 aliphatic carbocycles. The van der Waals surface area contributed by atoms with Crippen molar-refractivity contribution in [2.75, 3.05) is 29.6 Å². The molecule has 0 aliphatic rings. The number of carbonyl (C=O) groups is 1. The number of sulfone groups is 1. The summed E-state index contributed by atoms with van der Waals surface area (Å²) in [4.78, 5) is 11.1. The maximum atomic E-state index is 13.5. The van der Waals surface area contributed by atoms with Crippen molar-refractivity contribution in [2.45, 2.75) is 6.42 Å². The van der Waals surface area contributed by atoms with E-state index in [4.69, 9.17) is 11.5 Å². The van der Waals surface area contributed by atoms with Gasteiger partial charge in [0.05, 0.1) is 17.0 Å². The third-order valence-electron chi connectivity index (χ3n) is 2.41. The molecule has 0 aliphatic heterocycles. The highest BCUT2D eigenvalue weighted by Gasteiger charge is 2.11. The van der Waals surface area contributed by atoms with Crippen molar-refractivity contribution in [3.8, 4) is 0 Å². The lowest BCUT2D eigenvalue weighted by Gasteiger charge is -2.10. The van der Waals surface area contributed by atoms with Crippen LogP contribution < -0.4 is 16.8 Å². The van der Waals surface area contributed by atoms with Gasteiger partial charge < -0.3 is 16.8 Å². The van der Waals surface area contributed by atoms with Gasteiger partial charge in [0.15, 0.2) is 0 Å². The topological polar surface area (TPSA) is 115 Å². The van der Waals surface area contributed by atoms with Crippen molar-refractivity contribution in [3.05, 3.63) is 23.5 Å². The molecular weight excluding hydrogens is 273 g/mol. The molecule has 1 rings (SSSR count). The second kappa shape index (κ2) is 5.87. The Morgan fingerprint density at radius 1 is 1.42 bits per heavy atom. The first-order chi connectivity index (χ1) is 8.70. The molecule has 106 valence electrons. The SMILES string of the molecule is CS(=O)(=O)CCCNc1cc(C(N)=O)c(N)cc1F. The summed E-state index contributed by atoms with van der Waals surface area (Å²) in [6.07, 6.45) is 1.45. The van der Waals surface area contributed by atoms with Crippen LogP contribution in [0.5, 0.6) is 0 Å². The summed E-state index contributed by atoms with van der Waals surface area (Å²) >= 11 is 0. The third-order valence-corrected chi connectivity index (χ3v) is 3.44. The molecule has 0 saturated heterocycles. The van der Waals surface area contributed by atoms with Crippen LogP contribution in [0, 0.1) is 5.82 Å². The highest BCUT2D eigenvalue weighted by molar-refractivity contribution is 7.90. The highest BCUT2D eigenvalue weighted by atomic mass is 32.2. The summed E-state index contributed by atoms with van der Waals surface area (Å²) in [7, 11) is -3.04. The molecule has 8 heteroatoms. The summed E-state index contributed by atoms with van der Waals surface area (Å²) in [5.74, 6) is -1.38. The summed E-state index contributed by atoms with van der Waals surface area (Å²) in [6, 6.07) is 2.21. The van der Waals surface area contributed by atoms with Crippen molar-refractivity contribution < 1.29 is 17.6 Å². The third kappa shape index (κ3) is 4.74. The monoisotopic (exact) mass is 289 g/mol. The quantitative estimate of drug-likeness (QED) is 0.516. The highest BCUT2D eigenvalue weighted by Crippen LogP contribution is 2.21. The van der Waals surface area contributed by atoms with E-state index in [-0.39, 0.29) is 29.2 Å². The first-order valence-electron chi connectivity index (χ1n) is 5.51. The second-order valence-corrected chi connectivity index (χ2v) is 6.45. The zero-order valence-corrected chi connectivity index (χ0v) is 11.3. The molecule has 0 unspecified atom stereocenters. The predicted octanol–water partition coefficient (Wildman–Crippen LogP) is 0.353. The fraction of sp³-hybridized carbons (Fsp3) is 0.364. The van der Waals surface area contributed by atoms with E-state index in [0.29, 0.717) is 6.42 Å². The Morgan fingerprint density at radius 3 is 2.58 bits per heavy atom.